The largest absolute Gasteiger partial charge is 0.338 e. The van der Waals surface area contributed by atoms with Crippen LogP contribution in [0.15, 0.2) is 60.8 Å². The lowest BCUT2D eigenvalue weighted by atomic mass is 10.1. The number of hydrogen-bond acceptors (Lipinski definition) is 3. The molecule has 0 radical (unpaired) electrons. The molecule has 4 rings (SSSR count). The zero-order valence-electron chi connectivity index (χ0n) is 16.5. The number of rotatable bonds is 4. The third kappa shape index (κ3) is 4.06. The number of carbonyl (C=O) groups excluding carboxylic acids is 2. The summed E-state index contributed by atoms with van der Waals surface area (Å²) in [5.41, 5.74) is 2.81. The predicted octanol–water partition coefficient (Wildman–Crippen LogP) is 4.06. The van der Waals surface area contributed by atoms with E-state index in [0.29, 0.717) is 16.9 Å². The fraction of sp³-hybridized carbons (Fsp3) is 0.261. The van der Waals surface area contributed by atoms with Crippen LogP contribution in [0.2, 0.25) is 0 Å². The van der Waals surface area contributed by atoms with E-state index >= 15 is 0 Å². The molecule has 1 aliphatic heterocycles. The van der Waals surface area contributed by atoms with Gasteiger partial charge in [0.2, 0.25) is 0 Å². The molecule has 2 aromatic carbocycles. The molecule has 2 heterocycles. The Morgan fingerprint density at radius 2 is 1.62 bits per heavy atom. The number of carbonyl (C=O) groups is 2. The molecule has 6 heteroatoms. The van der Waals surface area contributed by atoms with E-state index in [1.807, 2.05) is 54.3 Å². The van der Waals surface area contributed by atoms with Gasteiger partial charge in [-0.05, 0) is 50.5 Å². The van der Waals surface area contributed by atoms with Gasteiger partial charge >= 0.3 is 0 Å². The van der Waals surface area contributed by atoms with Crippen LogP contribution in [-0.2, 0) is 0 Å². The highest BCUT2D eigenvalue weighted by atomic mass is 16.2. The summed E-state index contributed by atoms with van der Waals surface area (Å²) >= 11 is 0. The van der Waals surface area contributed by atoms with E-state index < -0.39 is 0 Å². The van der Waals surface area contributed by atoms with Crippen molar-refractivity contribution >= 4 is 17.6 Å². The van der Waals surface area contributed by atoms with Gasteiger partial charge in [-0.3, -0.25) is 9.59 Å². The SMILES string of the molecule is Cc1ccc(C(=O)Nc2c(C(=O)N3CCCCC3)cnn2-c2ccccc2)cc1. The van der Waals surface area contributed by atoms with Crippen LogP contribution in [0.3, 0.4) is 0 Å². The molecule has 0 atom stereocenters. The number of nitrogens with one attached hydrogen (secondary N) is 1. The van der Waals surface area contributed by atoms with E-state index in [9.17, 15) is 9.59 Å². The van der Waals surface area contributed by atoms with Gasteiger partial charge in [-0.2, -0.15) is 5.10 Å². The summed E-state index contributed by atoms with van der Waals surface area (Å²) in [5, 5.41) is 7.34. The summed E-state index contributed by atoms with van der Waals surface area (Å²) in [6.45, 7) is 3.45. The molecule has 0 aliphatic carbocycles. The Bertz CT molecular complexity index is 1000. The molecule has 1 aromatic heterocycles. The number of amides is 2. The van der Waals surface area contributed by atoms with Crippen LogP contribution in [0, 0.1) is 6.92 Å². The highest BCUT2D eigenvalue weighted by Crippen LogP contribution is 2.24. The predicted molar refractivity (Wildman–Crippen MR) is 112 cm³/mol. The van der Waals surface area contributed by atoms with Crippen LogP contribution in [0.25, 0.3) is 5.69 Å². The third-order valence-electron chi connectivity index (χ3n) is 5.19. The maximum absolute atomic E-state index is 13.1. The van der Waals surface area contributed by atoms with Gasteiger partial charge < -0.3 is 10.2 Å². The number of benzene rings is 2. The lowest BCUT2D eigenvalue weighted by molar-refractivity contribution is 0.0725. The first-order valence-corrected chi connectivity index (χ1v) is 9.94. The minimum absolute atomic E-state index is 0.0916. The number of nitrogens with zero attached hydrogens (tertiary/aromatic N) is 3. The van der Waals surface area contributed by atoms with Crippen molar-refractivity contribution in [3.63, 3.8) is 0 Å². The monoisotopic (exact) mass is 388 g/mol. The molecule has 0 saturated carbocycles. The van der Waals surface area contributed by atoms with Crippen LogP contribution < -0.4 is 5.32 Å². The van der Waals surface area contributed by atoms with Crippen molar-refractivity contribution in [1.29, 1.82) is 0 Å². The second-order valence-corrected chi connectivity index (χ2v) is 7.33. The van der Waals surface area contributed by atoms with Crippen LogP contribution in [0.1, 0.15) is 45.5 Å². The van der Waals surface area contributed by atoms with Crippen LogP contribution >= 0.6 is 0 Å². The molecule has 148 valence electrons. The molecule has 0 unspecified atom stereocenters. The highest BCUT2D eigenvalue weighted by molar-refractivity contribution is 6.08. The highest BCUT2D eigenvalue weighted by Gasteiger charge is 2.26. The maximum Gasteiger partial charge on any atom is 0.259 e. The molecule has 6 nitrogen and oxygen atoms in total. The van der Waals surface area contributed by atoms with Crippen molar-refractivity contribution in [1.82, 2.24) is 14.7 Å². The minimum Gasteiger partial charge on any atom is -0.338 e. The van der Waals surface area contributed by atoms with Crippen molar-refractivity contribution in [2.75, 3.05) is 18.4 Å². The van der Waals surface area contributed by atoms with E-state index in [4.69, 9.17) is 0 Å². The Labute approximate surface area is 170 Å². The quantitative estimate of drug-likeness (QED) is 0.733. The molecule has 1 fully saturated rings. The molecule has 0 spiro atoms. The Hall–Kier alpha value is -3.41. The van der Waals surface area contributed by atoms with Gasteiger partial charge in [0.1, 0.15) is 11.4 Å². The van der Waals surface area contributed by atoms with E-state index in [0.717, 1.165) is 43.6 Å². The van der Waals surface area contributed by atoms with Gasteiger partial charge in [-0.25, -0.2) is 4.68 Å². The molecule has 1 saturated heterocycles. The van der Waals surface area contributed by atoms with Crippen molar-refractivity contribution in [3.05, 3.63) is 77.5 Å². The van der Waals surface area contributed by atoms with Gasteiger partial charge in [0.25, 0.3) is 11.8 Å². The number of aryl methyl sites for hydroxylation is 1. The van der Waals surface area contributed by atoms with Crippen LogP contribution in [-0.4, -0.2) is 39.6 Å². The lowest BCUT2D eigenvalue weighted by Gasteiger charge is -2.26. The van der Waals surface area contributed by atoms with E-state index in [2.05, 4.69) is 10.4 Å². The standard InChI is InChI=1S/C23H24N4O2/c1-17-10-12-18(13-11-17)22(28)25-21-20(23(29)26-14-6-3-7-15-26)16-24-27(21)19-8-4-2-5-9-19/h2,4-5,8-13,16H,3,6-7,14-15H2,1H3,(H,25,28). The summed E-state index contributed by atoms with van der Waals surface area (Å²) in [4.78, 5) is 27.9. The van der Waals surface area contributed by atoms with E-state index in [1.165, 1.54) is 0 Å². The number of aromatic nitrogens is 2. The Morgan fingerprint density at radius 1 is 0.931 bits per heavy atom. The number of anilines is 1. The zero-order chi connectivity index (χ0) is 20.2. The minimum atomic E-state index is -0.268. The molecular weight excluding hydrogens is 364 g/mol. The fourth-order valence-corrected chi connectivity index (χ4v) is 3.54. The van der Waals surface area contributed by atoms with E-state index in [-0.39, 0.29) is 11.8 Å². The van der Waals surface area contributed by atoms with Crippen molar-refractivity contribution in [2.24, 2.45) is 0 Å². The van der Waals surface area contributed by atoms with Gasteiger partial charge in [-0.15, -0.1) is 0 Å². The first-order chi connectivity index (χ1) is 14.1. The normalized spacial score (nSPS) is 13.9. The van der Waals surface area contributed by atoms with Crippen molar-refractivity contribution < 1.29 is 9.59 Å². The lowest BCUT2D eigenvalue weighted by Crippen LogP contribution is -2.36. The number of likely N-dealkylation sites (tertiary alicyclic amines) is 1. The molecule has 1 aliphatic rings. The second-order valence-electron chi connectivity index (χ2n) is 7.33. The number of para-hydroxylation sites is 1. The molecule has 3 aromatic rings. The Morgan fingerprint density at radius 3 is 2.31 bits per heavy atom. The summed E-state index contributed by atoms with van der Waals surface area (Å²) in [7, 11) is 0. The molecule has 1 N–H and O–H groups in total. The fourth-order valence-electron chi connectivity index (χ4n) is 3.54. The first-order valence-electron chi connectivity index (χ1n) is 9.94. The summed E-state index contributed by atoms with van der Waals surface area (Å²) in [5.74, 6) is 0.0406. The van der Waals surface area contributed by atoms with Crippen molar-refractivity contribution in [3.8, 4) is 5.69 Å². The third-order valence-corrected chi connectivity index (χ3v) is 5.19. The number of hydrogen-bond donors (Lipinski definition) is 1. The summed E-state index contributed by atoms with van der Waals surface area (Å²) in [6.07, 6.45) is 4.70. The Kier molecular flexibility index (Phi) is 5.42. The summed E-state index contributed by atoms with van der Waals surface area (Å²) < 4.78 is 1.61. The topological polar surface area (TPSA) is 67.2 Å². The van der Waals surface area contributed by atoms with Crippen LogP contribution in [0.5, 0.6) is 0 Å². The van der Waals surface area contributed by atoms with E-state index in [1.54, 1.807) is 23.0 Å². The van der Waals surface area contributed by atoms with Gasteiger partial charge in [0.15, 0.2) is 0 Å². The van der Waals surface area contributed by atoms with Crippen molar-refractivity contribution in [2.45, 2.75) is 26.2 Å². The summed E-state index contributed by atoms with van der Waals surface area (Å²) in [6, 6.07) is 16.8. The second kappa shape index (κ2) is 8.31. The smallest absolute Gasteiger partial charge is 0.259 e. The Balaban J connectivity index is 1.70. The average molecular weight is 388 g/mol. The molecule has 29 heavy (non-hydrogen) atoms. The average Bonchev–Trinajstić information content (AvgIpc) is 3.18. The molecule has 2 amide bonds. The molecular formula is C23H24N4O2. The maximum atomic E-state index is 13.1. The first kappa shape index (κ1) is 18.9. The zero-order valence-corrected chi connectivity index (χ0v) is 16.5. The van der Waals surface area contributed by atoms with Crippen LogP contribution in [0.4, 0.5) is 5.82 Å². The molecule has 0 bridgehead atoms. The van der Waals surface area contributed by atoms with Gasteiger partial charge in [0, 0.05) is 18.7 Å². The number of piperidine rings is 1. The van der Waals surface area contributed by atoms with Gasteiger partial charge in [0.05, 0.1) is 11.9 Å². The van der Waals surface area contributed by atoms with Gasteiger partial charge in [-0.1, -0.05) is 35.9 Å².